The van der Waals surface area contributed by atoms with Crippen LogP contribution < -0.4 is 5.32 Å². The molecule has 29 heavy (non-hydrogen) atoms. The molecule has 1 aliphatic carbocycles. The van der Waals surface area contributed by atoms with Crippen molar-refractivity contribution in [2.45, 2.75) is 25.7 Å². The van der Waals surface area contributed by atoms with E-state index in [1.807, 2.05) is 0 Å². The third kappa shape index (κ3) is 3.64. The molecule has 4 rings (SSSR count). The van der Waals surface area contributed by atoms with Gasteiger partial charge in [-0.2, -0.15) is 0 Å². The molecule has 2 atom stereocenters. The van der Waals surface area contributed by atoms with Crippen LogP contribution >= 0.6 is 0 Å². The van der Waals surface area contributed by atoms with Crippen molar-refractivity contribution >= 4 is 23.4 Å². The summed E-state index contributed by atoms with van der Waals surface area (Å²) < 4.78 is 27.0. The van der Waals surface area contributed by atoms with Crippen molar-refractivity contribution in [2.75, 3.05) is 11.9 Å². The number of carbonyl (C=O) groups excluding carboxylic acids is 3. The van der Waals surface area contributed by atoms with Gasteiger partial charge in [0.1, 0.15) is 11.6 Å². The van der Waals surface area contributed by atoms with Crippen LogP contribution in [0.25, 0.3) is 0 Å². The van der Waals surface area contributed by atoms with Gasteiger partial charge in [-0.15, -0.1) is 0 Å². The van der Waals surface area contributed by atoms with E-state index in [4.69, 9.17) is 0 Å². The molecule has 1 heterocycles. The second-order valence-corrected chi connectivity index (χ2v) is 7.53. The maximum absolute atomic E-state index is 13.9. The maximum atomic E-state index is 13.9. The number of rotatable bonds is 4. The van der Waals surface area contributed by atoms with E-state index in [-0.39, 0.29) is 35.9 Å². The Labute approximate surface area is 166 Å². The third-order valence-electron chi connectivity index (χ3n) is 5.73. The van der Waals surface area contributed by atoms with Gasteiger partial charge >= 0.3 is 0 Å². The molecule has 1 aliphatic heterocycles. The summed E-state index contributed by atoms with van der Waals surface area (Å²) in [7, 11) is 0. The standard InChI is InChI=1S/C22H20F2N2O3/c23-14-9-10-19(18(24)11-14)25-20(27)15-6-2-1-5-13(15)12-26-21(28)16-7-3-4-8-17(16)22(26)29/h3-4,7-11,13,15H,1-2,5-6,12H2,(H,25,27). The van der Waals surface area contributed by atoms with Gasteiger partial charge in [-0.3, -0.25) is 19.3 Å². The number of nitrogens with one attached hydrogen (secondary N) is 1. The van der Waals surface area contributed by atoms with Crippen LogP contribution in [0.2, 0.25) is 0 Å². The smallest absolute Gasteiger partial charge is 0.261 e. The zero-order chi connectivity index (χ0) is 20.5. The summed E-state index contributed by atoms with van der Waals surface area (Å²) in [6.07, 6.45) is 3.00. The van der Waals surface area contributed by atoms with E-state index in [0.717, 1.165) is 18.9 Å². The molecule has 0 aromatic heterocycles. The summed E-state index contributed by atoms with van der Waals surface area (Å²) in [5, 5.41) is 2.53. The highest BCUT2D eigenvalue weighted by atomic mass is 19.1. The van der Waals surface area contributed by atoms with E-state index >= 15 is 0 Å². The molecule has 3 amide bonds. The Hall–Kier alpha value is -3.09. The summed E-state index contributed by atoms with van der Waals surface area (Å²) in [6, 6.07) is 9.65. The Kier molecular flexibility index (Phi) is 5.13. The molecule has 2 aromatic carbocycles. The maximum Gasteiger partial charge on any atom is 0.261 e. The monoisotopic (exact) mass is 398 g/mol. The number of amides is 3. The Morgan fingerprint density at radius 2 is 1.66 bits per heavy atom. The van der Waals surface area contributed by atoms with Crippen molar-refractivity contribution in [1.82, 2.24) is 4.90 Å². The van der Waals surface area contributed by atoms with Crippen molar-refractivity contribution in [2.24, 2.45) is 11.8 Å². The van der Waals surface area contributed by atoms with Gasteiger partial charge in [0.25, 0.3) is 11.8 Å². The SMILES string of the molecule is O=C(Nc1ccc(F)cc1F)C1CCCCC1CN1C(=O)c2ccccc2C1=O. The van der Waals surface area contributed by atoms with E-state index in [0.29, 0.717) is 30.0 Å². The molecule has 1 fully saturated rings. The van der Waals surface area contributed by atoms with Crippen LogP contribution in [0.5, 0.6) is 0 Å². The minimum Gasteiger partial charge on any atom is -0.323 e. The number of anilines is 1. The highest BCUT2D eigenvalue weighted by Crippen LogP contribution is 2.34. The summed E-state index contributed by atoms with van der Waals surface area (Å²) in [4.78, 5) is 39.3. The lowest BCUT2D eigenvalue weighted by molar-refractivity contribution is -0.122. The Bertz CT molecular complexity index is 957. The summed E-state index contributed by atoms with van der Waals surface area (Å²) in [6.45, 7) is 0.149. The predicted molar refractivity (Wildman–Crippen MR) is 102 cm³/mol. The van der Waals surface area contributed by atoms with Gasteiger partial charge < -0.3 is 5.32 Å². The first kappa shape index (κ1) is 19.2. The average molecular weight is 398 g/mol. The van der Waals surface area contributed by atoms with E-state index < -0.39 is 17.6 Å². The molecular weight excluding hydrogens is 378 g/mol. The molecule has 7 heteroatoms. The number of imide groups is 1. The topological polar surface area (TPSA) is 66.5 Å². The minimum atomic E-state index is -0.842. The number of fused-ring (bicyclic) bond motifs is 1. The van der Waals surface area contributed by atoms with Crippen LogP contribution in [0.4, 0.5) is 14.5 Å². The molecule has 1 saturated carbocycles. The highest BCUT2D eigenvalue weighted by molar-refractivity contribution is 6.21. The minimum absolute atomic E-state index is 0.0820. The van der Waals surface area contributed by atoms with Crippen molar-refractivity contribution in [3.8, 4) is 0 Å². The molecule has 1 N–H and O–H groups in total. The zero-order valence-corrected chi connectivity index (χ0v) is 15.7. The van der Waals surface area contributed by atoms with Gasteiger partial charge in [0.2, 0.25) is 5.91 Å². The number of hydrogen-bond acceptors (Lipinski definition) is 3. The fourth-order valence-electron chi connectivity index (χ4n) is 4.23. The quantitative estimate of drug-likeness (QED) is 0.792. The molecular formula is C22H20F2N2O3. The Morgan fingerprint density at radius 3 is 2.31 bits per heavy atom. The first-order valence-electron chi connectivity index (χ1n) is 9.67. The lowest BCUT2D eigenvalue weighted by Crippen LogP contribution is -2.41. The number of nitrogens with zero attached hydrogens (tertiary/aromatic N) is 1. The Balaban J connectivity index is 1.50. The lowest BCUT2D eigenvalue weighted by atomic mass is 9.78. The number of carbonyl (C=O) groups is 3. The van der Waals surface area contributed by atoms with Crippen LogP contribution in [-0.4, -0.2) is 29.2 Å². The van der Waals surface area contributed by atoms with E-state index in [1.54, 1.807) is 24.3 Å². The second kappa shape index (κ2) is 7.73. The number of hydrogen-bond donors (Lipinski definition) is 1. The summed E-state index contributed by atoms with van der Waals surface area (Å²) >= 11 is 0. The number of benzene rings is 2. The largest absolute Gasteiger partial charge is 0.323 e. The molecule has 0 bridgehead atoms. The summed E-state index contributed by atoms with van der Waals surface area (Å²) in [5.41, 5.74) is 0.673. The summed E-state index contributed by atoms with van der Waals surface area (Å²) in [5.74, 6) is -3.31. The van der Waals surface area contributed by atoms with Crippen LogP contribution in [0.1, 0.15) is 46.4 Å². The molecule has 2 aromatic rings. The van der Waals surface area contributed by atoms with E-state index in [1.165, 1.54) is 11.0 Å². The first-order chi connectivity index (χ1) is 14.0. The van der Waals surface area contributed by atoms with Crippen LogP contribution in [0, 0.1) is 23.5 Å². The molecule has 2 unspecified atom stereocenters. The molecule has 150 valence electrons. The lowest BCUT2D eigenvalue weighted by Gasteiger charge is -2.32. The predicted octanol–water partition coefficient (Wildman–Crippen LogP) is 4.01. The molecule has 0 radical (unpaired) electrons. The van der Waals surface area contributed by atoms with Crippen LogP contribution in [-0.2, 0) is 4.79 Å². The third-order valence-corrected chi connectivity index (χ3v) is 5.73. The van der Waals surface area contributed by atoms with Crippen molar-refractivity contribution < 1.29 is 23.2 Å². The van der Waals surface area contributed by atoms with Crippen LogP contribution in [0.3, 0.4) is 0 Å². The molecule has 2 aliphatic rings. The fraction of sp³-hybridized carbons (Fsp3) is 0.318. The van der Waals surface area contributed by atoms with Gasteiger partial charge in [-0.05, 0) is 43.0 Å². The van der Waals surface area contributed by atoms with Crippen molar-refractivity contribution in [3.05, 3.63) is 65.2 Å². The van der Waals surface area contributed by atoms with Crippen molar-refractivity contribution in [1.29, 1.82) is 0 Å². The number of halogens is 2. The highest BCUT2D eigenvalue weighted by Gasteiger charge is 2.40. The van der Waals surface area contributed by atoms with Crippen molar-refractivity contribution in [3.63, 3.8) is 0 Å². The van der Waals surface area contributed by atoms with E-state index in [2.05, 4.69) is 5.32 Å². The van der Waals surface area contributed by atoms with Gasteiger partial charge in [0, 0.05) is 18.5 Å². The average Bonchev–Trinajstić information content (AvgIpc) is 2.96. The molecule has 0 spiro atoms. The van der Waals surface area contributed by atoms with Crippen LogP contribution in [0.15, 0.2) is 42.5 Å². The molecule has 0 saturated heterocycles. The first-order valence-corrected chi connectivity index (χ1v) is 9.67. The Morgan fingerprint density at radius 1 is 1.00 bits per heavy atom. The second-order valence-electron chi connectivity index (χ2n) is 7.53. The van der Waals surface area contributed by atoms with Gasteiger partial charge in [0.15, 0.2) is 0 Å². The van der Waals surface area contributed by atoms with Gasteiger partial charge in [-0.25, -0.2) is 8.78 Å². The van der Waals surface area contributed by atoms with E-state index in [9.17, 15) is 23.2 Å². The normalized spacial score (nSPS) is 21.2. The zero-order valence-electron chi connectivity index (χ0n) is 15.7. The fourth-order valence-corrected chi connectivity index (χ4v) is 4.23. The molecule has 5 nitrogen and oxygen atoms in total. The van der Waals surface area contributed by atoms with Gasteiger partial charge in [-0.1, -0.05) is 25.0 Å². The van der Waals surface area contributed by atoms with Gasteiger partial charge in [0.05, 0.1) is 16.8 Å².